The van der Waals surface area contributed by atoms with Crippen molar-refractivity contribution in [2.75, 3.05) is 30.2 Å². The molecule has 0 fully saturated rings. The minimum atomic E-state index is -3.82. The van der Waals surface area contributed by atoms with Gasteiger partial charge in [0.15, 0.2) is 0 Å². The van der Waals surface area contributed by atoms with Crippen LogP contribution in [0.5, 0.6) is 0 Å². The highest BCUT2D eigenvalue weighted by Gasteiger charge is 2.29. The maximum absolute atomic E-state index is 13.4. The summed E-state index contributed by atoms with van der Waals surface area (Å²) in [6, 6.07) is 13.2. The van der Waals surface area contributed by atoms with Gasteiger partial charge in [-0.15, -0.1) is 0 Å². The molecular formula is C24H31Cl2N3O4S. The van der Waals surface area contributed by atoms with Crippen LogP contribution in [0, 0.1) is 0 Å². The number of amides is 2. The average molecular weight is 529 g/mol. The molecule has 0 saturated carbocycles. The topological polar surface area (TPSA) is 86.8 Å². The summed E-state index contributed by atoms with van der Waals surface area (Å²) in [5.74, 6) is -0.777. The van der Waals surface area contributed by atoms with Crippen LogP contribution in [0.3, 0.4) is 0 Å². The molecule has 1 N–H and O–H groups in total. The Morgan fingerprint density at radius 1 is 1.06 bits per heavy atom. The fraction of sp³-hybridized carbons (Fsp3) is 0.417. The van der Waals surface area contributed by atoms with Gasteiger partial charge >= 0.3 is 0 Å². The second-order valence-electron chi connectivity index (χ2n) is 8.01. The molecule has 0 unspecified atom stereocenters. The molecule has 0 heterocycles. The molecule has 2 aromatic carbocycles. The van der Waals surface area contributed by atoms with Gasteiger partial charge in [0.2, 0.25) is 21.8 Å². The lowest BCUT2D eigenvalue weighted by atomic mass is 10.1. The first-order valence-corrected chi connectivity index (χ1v) is 13.7. The second-order valence-corrected chi connectivity index (χ2v) is 10.7. The van der Waals surface area contributed by atoms with Gasteiger partial charge in [0.1, 0.15) is 12.6 Å². The zero-order valence-electron chi connectivity index (χ0n) is 19.6. The van der Waals surface area contributed by atoms with Crippen molar-refractivity contribution in [2.24, 2.45) is 0 Å². The Hall–Kier alpha value is -2.29. The third-order valence-electron chi connectivity index (χ3n) is 5.35. The van der Waals surface area contributed by atoms with Gasteiger partial charge in [0.05, 0.1) is 22.0 Å². The smallest absolute Gasteiger partial charge is 0.244 e. The van der Waals surface area contributed by atoms with E-state index in [1.165, 1.54) is 23.1 Å². The van der Waals surface area contributed by atoms with E-state index in [1.54, 1.807) is 6.92 Å². The summed E-state index contributed by atoms with van der Waals surface area (Å²) in [5.41, 5.74) is 1.22. The van der Waals surface area contributed by atoms with Crippen LogP contribution in [0.1, 0.15) is 32.3 Å². The van der Waals surface area contributed by atoms with Crippen molar-refractivity contribution in [1.29, 1.82) is 0 Å². The number of sulfonamides is 1. The minimum Gasteiger partial charge on any atom is -0.354 e. The zero-order chi connectivity index (χ0) is 25.3. The van der Waals surface area contributed by atoms with Crippen molar-refractivity contribution in [3.63, 3.8) is 0 Å². The van der Waals surface area contributed by atoms with Gasteiger partial charge in [0, 0.05) is 13.1 Å². The van der Waals surface area contributed by atoms with E-state index in [0.717, 1.165) is 29.0 Å². The maximum atomic E-state index is 13.4. The summed E-state index contributed by atoms with van der Waals surface area (Å²) >= 11 is 12.0. The Kier molecular flexibility index (Phi) is 10.7. The highest BCUT2D eigenvalue weighted by molar-refractivity contribution is 7.92. The lowest BCUT2D eigenvalue weighted by Crippen LogP contribution is -2.52. The van der Waals surface area contributed by atoms with Crippen molar-refractivity contribution >= 4 is 50.7 Å². The molecule has 0 aliphatic heterocycles. The number of hydrogen-bond donors (Lipinski definition) is 1. The standard InChI is InChI=1S/C24H31Cl2N3O4S/c1-4-5-14-27-24(31)18(2)28(15-13-19-9-7-6-8-10-19)23(30)17-29(34(3,32)33)20-11-12-21(25)22(26)16-20/h6-12,16,18H,4-5,13-15,17H2,1-3H3,(H,27,31)/t18-/m1/s1. The van der Waals surface area contributed by atoms with E-state index in [9.17, 15) is 18.0 Å². The van der Waals surface area contributed by atoms with Crippen LogP contribution >= 0.6 is 23.2 Å². The molecule has 0 radical (unpaired) electrons. The van der Waals surface area contributed by atoms with Crippen molar-refractivity contribution < 1.29 is 18.0 Å². The van der Waals surface area contributed by atoms with E-state index in [-0.39, 0.29) is 28.2 Å². The Balaban J connectivity index is 2.29. The fourth-order valence-corrected chi connectivity index (χ4v) is 4.49. The third-order valence-corrected chi connectivity index (χ3v) is 7.23. The van der Waals surface area contributed by atoms with Crippen molar-refractivity contribution in [1.82, 2.24) is 10.2 Å². The lowest BCUT2D eigenvalue weighted by molar-refractivity contribution is -0.138. The number of anilines is 1. The number of nitrogens with one attached hydrogen (secondary N) is 1. The number of nitrogens with zero attached hydrogens (tertiary/aromatic N) is 2. The first-order valence-electron chi connectivity index (χ1n) is 11.1. The molecule has 7 nitrogen and oxygen atoms in total. The number of hydrogen-bond acceptors (Lipinski definition) is 4. The number of rotatable bonds is 12. The molecular weight excluding hydrogens is 497 g/mol. The van der Waals surface area contributed by atoms with Gasteiger partial charge in [-0.1, -0.05) is 66.9 Å². The zero-order valence-corrected chi connectivity index (χ0v) is 22.0. The van der Waals surface area contributed by atoms with Gasteiger partial charge in [-0.05, 0) is 43.5 Å². The van der Waals surface area contributed by atoms with Crippen molar-refractivity contribution in [3.05, 3.63) is 64.1 Å². The molecule has 0 spiro atoms. The summed E-state index contributed by atoms with van der Waals surface area (Å²) in [7, 11) is -3.82. The van der Waals surface area contributed by atoms with E-state index in [2.05, 4.69) is 5.32 Å². The fourth-order valence-electron chi connectivity index (χ4n) is 3.36. The van der Waals surface area contributed by atoms with Crippen LogP contribution in [0.4, 0.5) is 5.69 Å². The Bertz CT molecular complexity index is 1080. The number of carbonyl (C=O) groups excluding carboxylic acids is 2. The highest BCUT2D eigenvalue weighted by atomic mass is 35.5. The Labute approximate surface area is 212 Å². The first-order chi connectivity index (χ1) is 16.0. The van der Waals surface area contributed by atoms with Crippen LogP contribution in [0.15, 0.2) is 48.5 Å². The first kappa shape index (κ1) is 28.0. The van der Waals surface area contributed by atoms with Gasteiger partial charge in [-0.25, -0.2) is 8.42 Å². The van der Waals surface area contributed by atoms with Crippen LogP contribution in [0.2, 0.25) is 10.0 Å². The normalized spacial score (nSPS) is 12.1. The predicted molar refractivity (Wildman–Crippen MR) is 138 cm³/mol. The van der Waals surface area contributed by atoms with Crippen molar-refractivity contribution in [2.45, 2.75) is 39.2 Å². The predicted octanol–water partition coefficient (Wildman–Crippen LogP) is 4.14. The molecule has 2 amide bonds. The molecule has 2 rings (SSSR count). The van der Waals surface area contributed by atoms with Crippen LogP contribution in [-0.2, 0) is 26.0 Å². The molecule has 2 aromatic rings. The van der Waals surface area contributed by atoms with Crippen LogP contribution in [0.25, 0.3) is 0 Å². The Morgan fingerprint density at radius 3 is 2.32 bits per heavy atom. The monoisotopic (exact) mass is 527 g/mol. The van der Waals surface area contributed by atoms with E-state index in [1.807, 2.05) is 37.3 Å². The highest BCUT2D eigenvalue weighted by Crippen LogP contribution is 2.28. The molecule has 1 atom stereocenters. The summed E-state index contributed by atoms with van der Waals surface area (Å²) < 4.78 is 26.1. The summed E-state index contributed by atoms with van der Waals surface area (Å²) in [6.45, 7) is 3.96. The van der Waals surface area contributed by atoms with Gasteiger partial charge in [-0.2, -0.15) is 0 Å². The van der Waals surface area contributed by atoms with Gasteiger partial charge in [-0.3, -0.25) is 13.9 Å². The third kappa shape index (κ3) is 8.18. The van der Waals surface area contributed by atoms with Crippen molar-refractivity contribution in [3.8, 4) is 0 Å². The molecule has 0 aliphatic rings. The summed E-state index contributed by atoms with van der Waals surface area (Å²) in [6.07, 6.45) is 3.29. The number of carbonyl (C=O) groups is 2. The van der Waals surface area contributed by atoms with E-state index >= 15 is 0 Å². The molecule has 0 saturated heterocycles. The quantitative estimate of drug-likeness (QED) is 0.420. The maximum Gasteiger partial charge on any atom is 0.244 e. The van der Waals surface area contributed by atoms with Crippen LogP contribution < -0.4 is 9.62 Å². The molecule has 0 aromatic heterocycles. The van der Waals surface area contributed by atoms with Crippen LogP contribution in [-0.4, -0.2) is 57.1 Å². The SMILES string of the molecule is CCCCNC(=O)[C@@H](C)N(CCc1ccccc1)C(=O)CN(c1ccc(Cl)c(Cl)c1)S(C)(=O)=O. The lowest BCUT2D eigenvalue weighted by Gasteiger charge is -2.31. The van der Waals surface area contributed by atoms with E-state index in [4.69, 9.17) is 23.2 Å². The summed E-state index contributed by atoms with van der Waals surface area (Å²) in [5, 5.41) is 3.29. The summed E-state index contributed by atoms with van der Waals surface area (Å²) in [4.78, 5) is 27.6. The largest absolute Gasteiger partial charge is 0.354 e. The average Bonchev–Trinajstić information content (AvgIpc) is 2.79. The van der Waals surface area contributed by atoms with E-state index in [0.29, 0.717) is 13.0 Å². The minimum absolute atomic E-state index is 0.171. The van der Waals surface area contributed by atoms with Gasteiger partial charge < -0.3 is 10.2 Å². The molecule has 0 aliphatic carbocycles. The Morgan fingerprint density at radius 2 is 1.74 bits per heavy atom. The number of halogens is 2. The molecule has 34 heavy (non-hydrogen) atoms. The second kappa shape index (κ2) is 13.0. The van der Waals surface area contributed by atoms with E-state index < -0.39 is 28.5 Å². The molecule has 10 heteroatoms. The number of benzene rings is 2. The number of unbranched alkanes of at least 4 members (excludes halogenated alkanes) is 1. The van der Waals surface area contributed by atoms with Gasteiger partial charge in [0.25, 0.3) is 0 Å². The molecule has 0 bridgehead atoms. The molecule has 186 valence electrons.